The Morgan fingerprint density at radius 3 is 2.33 bits per heavy atom. The molecule has 0 radical (unpaired) electrons. The zero-order valence-electron chi connectivity index (χ0n) is 23.7. The van der Waals surface area contributed by atoms with E-state index in [1.54, 1.807) is 30.0 Å². The van der Waals surface area contributed by atoms with Crippen LogP contribution in [0.15, 0.2) is 65.7 Å². The molecule has 0 spiro atoms. The van der Waals surface area contributed by atoms with E-state index in [1.807, 2.05) is 12.1 Å². The minimum atomic E-state index is -0.823. The van der Waals surface area contributed by atoms with Crippen molar-refractivity contribution in [2.24, 2.45) is 5.73 Å². The Hall–Kier alpha value is -5.39. The molecule has 2 N–H and O–H groups in total. The second kappa shape index (κ2) is 11.1. The summed E-state index contributed by atoms with van der Waals surface area (Å²) in [7, 11) is 4.61. The molecular weight excluding hydrogens is 557 g/mol. The van der Waals surface area contributed by atoms with Crippen molar-refractivity contribution in [3.63, 3.8) is 0 Å². The van der Waals surface area contributed by atoms with Crippen molar-refractivity contribution >= 4 is 16.8 Å². The number of hydrogen-bond donors (Lipinski definition) is 1. The van der Waals surface area contributed by atoms with Crippen LogP contribution in [-0.2, 0) is 6.54 Å². The number of benzene rings is 3. The molecule has 3 aromatic carbocycles. The van der Waals surface area contributed by atoms with E-state index in [4.69, 9.17) is 24.7 Å². The van der Waals surface area contributed by atoms with Gasteiger partial charge in [0.05, 0.1) is 43.6 Å². The van der Waals surface area contributed by atoms with E-state index in [1.165, 1.54) is 49.5 Å². The van der Waals surface area contributed by atoms with Crippen LogP contribution in [0.3, 0.4) is 0 Å². The molecule has 6 rings (SSSR count). The number of ether oxygens (including phenoxy) is 4. The summed E-state index contributed by atoms with van der Waals surface area (Å²) in [4.78, 5) is 34.8. The summed E-state index contributed by atoms with van der Waals surface area (Å²) >= 11 is 0. The van der Waals surface area contributed by atoms with Gasteiger partial charge in [0.1, 0.15) is 17.7 Å². The number of amides is 1. The first kappa shape index (κ1) is 27.8. The van der Waals surface area contributed by atoms with Gasteiger partial charge in [-0.15, -0.1) is 0 Å². The van der Waals surface area contributed by atoms with Gasteiger partial charge in [-0.05, 0) is 60.9 Å². The maximum Gasteiger partial charge on any atom is 0.284 e. The molecule has 3 heterocycles. The van der Waals surface area contributed by atoms with Crippen molar-refractivity contribution in [2.75, 3.05) is 21.3 Å². The summed E-state index contributed by atoms with van der Waals surface area (Å²) < 4.78 is 39.5. The average Bonchev–Trinajstić information content (AvgIpc) is 3.33. The Labute approximate surface area is 245 Å². The third kappa shape index (κ3) is 4.80. The summed E-state index contributed by atoms with van der Waals surface area (Å²) in [5.41, 5.74) is 7.45. The largest absolute Gasteiger partial charge is 0.493 e. The highest BCUT2D eigenvalue weighted by molar-refractivity contribution is 5.94. The highest BCUT2D eigenvalue weighted by atomic mass is 19.1. The Morgan fingerprint density at radius 2 is 1.63 bits per heavy atom. The van der Waals surface area contributed by atoms with E-state index in [0.717, 1.165) is 12.0 Å². The van der Waals surface area contributed by atoms with Gasteiger partial charge < -0.3 is 24.7 Å². The molecule has 43 heavy (non-hydrogen) atoms. The molecule has 0 saturated heterocycles. The van der Waals surface area contributed by atoms with Gasteiger partial charge in [-0.1, -0.05) is 6.07 Å². The quantitative estimate of drug-likeness (QED) is 0.280. The van der Waals surface area contributed by atoms with Crippen LogP contribution in [0.4, 0.5) is 4.39 Å². The van der Waals surface area contributed by atoms with E-state index in [9.17, 15) is 14.0 Å². The Kier molecular flexibility index (Phi) is 7.18. The molecule has 0 saturated carbocycles. The van der Waals surface area contributed by atoms with Crippen molar-refractivity contribution in [3.05, 3.63) is 93.9 Å². The van der Waals surface area contributed by atoms with Gasteiger partial charge in [0, 0.05) is 18.5 Å². The number of rotatable bonds is 8. The van der Waals surface area contributed by atoms with Crippen LogP contribution in [-0.4, -0.2) is 46.6 Å². The van der Waals surface area contributed by atoms with E-state index >= 15 is 0 Å². The van der Waals surface area contributed by atoms with Gasteiger partial charge >= 0.3 is 0 Å². The van der Waals surface area contributed by atoms with Crippen LogP contribution < -0.4 is 30.2 Å². The van der Waals surface area contributed by atoms with E-state index in [0.29, 0.717) is 58.2 Å². The zero-order chi connectivity index (χ0) is 30.2. The van der Waals surface area contributed by atoms with Crippen LogP contribution in [0.2, 0.25) is 0 Å². The molecule has 1 aliphatic heterocycles. The highest BCUT2D eigenvalue weighted by Gasteiger charge is 2.34. The number of carbonyl (C=O) groups is 1. The molecule has 11 nitrogen and oxygen atoms in total. The van der Waals surface area contributed by atoms with Gasteiger partial charge in [-0.3, -0.25) is 14.3 Å². The summed E-state index contributed by atoms with van der Waals surface area (Å²) in [6.07, 6.45) is 2.78. The maximum absolute atomic E-state index is 13.6. The SMILES string of the molecule is COc1cc2ncnc(Oc3ccc(C4CCCn5c4c(C(N)=O)c(=O)n5-c4ccc(F)cc4)cc3OC)c2cc1OC. The molecule has 0 fully saturated rings. The minimum Gasteiger partial charge on any atom is -0.493 e. The Balaban J connectivity index is 1.42. The topological polar surface area (TPSA) is 133 Å². The molecule has 0 bridgehead atoms. The monoisotopic (exact) mass is 585 g/mol. The smallest absolute Gasteiger partial charge is 0.284 e. The van der Waals surface area contributed by atoms with E-state index in [2.05, 4.69) is 9.97 Å². The fourth-order valence-electron chi connectivity index (χ4n) is 5.64. The number of nitrogens with zero attached hydrogens (tertiary/aromatic N) is 4. The standard InChI is InChI=1S/C31H28FN5O6/c1-40-24-13-17(6-11-23(24)43-30-21-14-25(41-2)26(42-3)15-22(21)34-16-35-30)20-5-4-12-36-28(20)27(29(33)38)31(39)37(36)19-9-7-18(32)8-10-19/h6-11,13-16,20H,4-5,12H2,1-3H3,(H2,33,38). The first-order valence-electron chi connectivity index (χ1n) is 13.5. The number of fused-ring (bicyclic) bond motifs is 2. The lowest BCUT2D eigenvalue weighted by Crippen LogP contribution is -2.26. The molecule has 2 aromatic heterocycles. The molecule has 1 atom stereocenters. The molecule has 0 aliphatic carbocycles. The van der Waals surface area contributed by atoms with Crippen molar-refractivity contribution in [1.82, 2.24) is 19.3 Å². The van der Waals surface area contributed by atoms with Gasteiger partial charge in [-0.2, -0.15) is 0 Å². The van der Waals surface area contributed by atoms with Crippen LogP contribution in [0, 0.1) is 5.82 Å². The Morgan fingerprint density at radius 1 is 0.930 bits per heavy atom. The predicted octanol–water partition coefficient (Wildman–Crippen LogP) is 4.56. The van der Waals surface area contributed by atoms with Crippen molar-refractivity contribution in [1.29, 1.82) is 0 Å². The third-order valence-corrected chi connectivity index (χ3v) is 7.59. The molecule has 1 amide bonds. The molecule has 1 aliphatic rings. The fourth-order valence-corrected chi connectivity index (χ4v) is 5.64. The highest BCUT2D eigenvalue weighted by Crippen LogP contribution is 2.42. The molecule has 5 aromatic rings. The van der Waals surface area contributed by atoms with Gasteiger partial charge in [-0.25, -0.2) is 19.0 Å². The van der Waals surface area contributed by atoms with Crippen molar-refractivity contribution < 1.29 is 28.1 Å². The summed E-state index contributed by atoms with van der Waals surface area (Å²) in [6, 6.07) is 14.4. The Bertz CT molecular complexity index is 1920. The first-order valence-corrected chi connectivity index (χ1v) is 13.5. The number of methoxy groups -OCH3 is 3. The number of aromatic nitrogens is 4. The summed E-state index contributed by atoms with van der Waals surface area (Å²) in [5.74, 6) is 0.529. The number of nitrogens with two attached hydrogens (primary N) is 1. The molecular formula is C31H28FN5O6. The first-order chi connectivity index (χ1) is 20.8. The zero-order valence-corrected chi connectivity index (χ0v) is 23.7. The lowest BCUT2D eigenvalue weighted by atomic mass is 9.86. The van der Waals surface area contributed by atoms with Gasteiger partial charge in [0.15, 0.2) is 23.0 Å². The van der Waals surface area contributed by atoms with E-state index < -0.39 is 17.3 Å². The molecule has 12 heteroatoms. The van der Waals surface area contributed by atoms with Gasteiger partial charge in [0.2, 0.25) is 5.88 Å². The number of carbonyl (C=O) groups excluding carboxylic acids is 1. The third-order valence-electron chi connectivity index (χ3n) is 7.59. The second-order valence-corrected chi connectivity index (χ2v) is 9.95. The number of hydrogen-bond acceptors (Lipinski definition) is 8. The number of halogens is 1. The van der Waals surface area contributed by atoms with Crippen LogP contribution in [0.25, 0.3) is 16.6 Å². The van der Waals surface area contributed by atoms with Crippen molar-refractivity contribution in [3.8, 4) is 34.6 Å². The summed E-state index contributed by atoms with van der Waals surface area (Å²) in [6.45, 7) is 0.485. The lowest BCUT2D eigenvalue weighted by Gasteiger charge is -2.27. The lowest BCUT2D eigenvalue weighted by molar-refractivity contribution is 0.0997. The normalized spacial score (nSPS) is 14.3. The molecule has 220 valence electrons. The van der Waals surface area contributed by atoms with Crippen LogP contribution in [0.1, 0.15) is 40.4 Å². The second-order valence-electron chi connectivity index (χ2n) is 9.95. The van der Waals surface area contributed by atoms with Crippen molar-refractivity contribution in [2.45, 2.75) is 25.3 Å². The van der Waals surface area contributed by atoms with Gasteiger partial charge in [0.25, 0.3) is 11.5 Å². The predicted molar refractivity (Wildman–Crippen MR) is 155 cm³/mol. The number of primary amides is 1. The summed E-state index contributed by atoms with van der Waals surface area (Å²) in [5, 5.41) is 0.607. The average molecular weight is 586 g/mol. The van der Waals surface area contributed by atoms with E-state index in [-0.39, 0.29) is 17.4 Å². The molecule has 1 unspecified atom stereocenters. The minimum absolute atomic E-state index is 0.0925. The fraction of sp³-hybridized carbons (Fsp3) is 0.226. The van der Waals surface area contributed by atoms with Crippen LogP contribution >= 0.6 is 0 Å². The van der Waals surface area contributed by atoms with Crippen LogP contribution in [0.5, 0.6) is 28.9 Å². The maximum atomic E-state index is 13.6.